The Balaban J connectivity index is 2.13. The molecule has 1 nitrogen and oxygen atoms in total. The van der Waals surface area contributed by atoms with E-state index >= 15 is 0 Å². The molecule has 0 spiro atoms. The molecule has 128 valence electrons. The minimum atomic E-state index is -0.401. The van der Waals surface area contributed by atoms with E-state index < -0.39 is 5.41 Å². The Bertz CT molecular complexity index is 897. The molecule has 1 heteroatoms. The summed E-state index contributed by atoms with van der Waals surface area (Å²) in [7, 11) is 1.75. The van der Waals surface area contributed by atoms with Crippen molar-refractivity contribution in [2.75, 3.05) is 7.11 Å². The normalized spacial score (nSPS) is 13.5. The molecule has 26 heavy (non-hydrogen) atoms. The van der Waals surface area contributed by atoms with Crippen molar-refractivity contribution in [1.29, 1.82) is 0 Å². The molecular weight excluding hydrogens is 316 g/mol. The Hall–Kier alpha value is -3.06. The van der Waals surface area contributed by atoms with Crippen LogP contribution in [0.3, 0.4) is 0 Å². The third-order valence-electron chi connectivity index (χ3n) is 5.13. The lowest BCUT2D eigenvalue weighted by molar-refractivity contribution is 0.405. The van der Waals surface area contributed by atoms with E-state index in [4.69, 9.17) is 4.74 Å². The van der Waals surface area contributed by atoms with Crippen LogP contribution in [-0.4, -0.2) is 7.11 Å². The fourth-order valence-corrected chi connectivity index (χ4v) is 4.03. The summed E-state index contributed by atoms with van der Waals surface area (Å²) in [6.07, 6.45) is 7.77. The fraction of sp³-hybridized carbons (Fsp3) is 0.120. The summed E-state index contributed by atoms with van der Waals surface area (Å²) in [5.74, 6) is 0.904. The van der Waals surface area contributed by atoms with E-state index in [0.29, 0.717) is 0 Å². The zero-order chi connectivity index (χ0) is 17.8. The smallest absolute Gasteiger partial charge is 0.123 e. The number of rotatable bonds is 5. The van der Waals surface area contributed by atoms with Gasteiger partial charge >= 0.3 is 0 Å². The summed E-state index contributed by atoms with van der Waals surface area (Å²) in [4.78, 5) is 0. The standard InChI is InChI=1S/C25H22O/c1-26-24-19-11-10-18-23(24)25(22-16-8-9-17-22,20-12-4-2-5-13-20)21-14-6-3-7-15-21/h2-8,10-19H,9H2,1H3. The minimum absolute atomic E-state index is 0.401. The maximum absolute atomic E-state index is 5.80. The second-order valence-electron chi connectivity index (χ2n) is 6.48. The lowest BCUT2D eigenvalue weighted by Crippen LogP contribution is -2.31. The monoisotopic (exact) mass is 338 g/mol. The molecule has 0 fully saturated rings. The van der Waals surface area contributed by atoms with Crippen molar-refractivity contribution in [2.45, 2.75) is 11.8 Å². The van der Waals surface area contributed by atoms with E-state index in [-0.39, 0.29) is 0 Å². The average molecular weight is 338 g/mol. The number of hydrogen-bond acceptors (Lipinski definition) is 1. The van der Waals surface area contributed by atoms with Gasteiger partial charge in [-0.1, -0.05) is 97.1 Å². The maximum Gasteiger partial charge on any atom is 0.123 e. The van der Waals surface area contributed by atoms with Crippen molar-refractivity contribution >= 4 is 0 Å². The van der Waals surface area contributed by atoms with Crippen LogP contribution in [-0.2, 0) is 5.41 Å². The molecule has 0 saturated carbocycles. The molecule has 0 N–H and O–H groups in total. The molecule has 0 heterocycles. The predicted molar refractivity (Wildman–Crippen MR) is 108 cm³/mol. The van der Waals surface area contributed by atoms with E-state index in [2.05, 4.69) is 97.1 Å². The van der Waals surface area contributed by atoms with Gasteiger partial charge in [-0.25, -0.2) is 0 Å². The molecule has 0 aliphatic heterocycles. The third-order valence-corrected chi connectivity index (χ3v) is 5.13. The van der Waals surface area contributed by atoms with Gasteiger partial charge in [0.1, 0.15) is 5.75 Å². The van der Waals surface area contributed by atoms with Gasteiger partial charge in [-0.05, 0) is 29.2 Å². The quantitative estimate of drug-likeness (QED) is 0.525. The highest BCUT2D eigenvalue weighted by molar-refractivity contribution is 5.65. The summed E-state index contributed by atoms with van der Waals surface area (Å²) in [6, 6.07) is 29.8. The molecule has 4 rings (SSSR count). The van der Waals surface area contributed by atoms with Crippen molar-refractivity contribution in [3.63, 3.8) is 0 Å². The van der Waals surface area contributed by atoms with Gasteiger partial charge in [0.05, 0.1) is 12.5 Å². The van der Waals surface area contributed by atoms with E-state index in [9.17, 15) is 0 Å². The first-order chi connectivity index (χ1) is 12.9. The van der Waals surface area contributed by atoms with Gasteiger partial charge in [0.25, 0.3) is 0 Å². The summed E-state index contributed by atoms with van der Waals surface area (Å²) in [5, 5.41) is 0. The summed E-state index contributed by atoms with van der Waals surface area (Å²) in [5.41, 5.74) is 4.54. The Kier molecular flexibility index (Phi) is 4.45. The van der Waals surface area contributed by atoms with Gasteiger partial charge < -0.3 is 4.74 Å². The van der Waals surface area contributed by atoms with Gasteiger partial charge in [-0.3, -0.25) is 0 Å². The molecule has 0 radical (unpaired) electrons. The molecule has 0 saturated heterocycles. The van der Waals surface area contributed by atoms with Crippen molar-refractivity contribution in [1.82, 2.24) is 0 Å². The van der Waals surface area contributed by atoms with Gasteiger partial charge in [0.15, 0.2) is 0 Å². The first-order valence-electron chi connectivity index (χ1n) is 8.99. The van der Waals surface area contributed by atoms with Crippen LogP contribution >= 0.6 is 0 Å². The molecule has 0 bridgehead atoms. The molecule has 1 aliphatic rings. The highest BCUT2D eigenvalue weighted by atomic mass is 16.5. The number of allylic oxidation sites excluding steroid dienone is 4. The first-order valence-corrected chi connectivity index (χ1v) is 8.99. The van der Waals surface area contributed by atoms with Crippen LogP contribution in [0.1, 0.15) is 23.1 Å². The Morgan fingerprint density at radius 1 is 0.731 bits per heavy atom. The van der Waals surface area contributed by atoms with Crippen LogP contribution in [0.2, 0.25) is 0 Å². The minimum Gasteiger partial charge on any atom is -0.496 e. The third kappa shape index (κ3) is 2.57. The molecular formula is C25H22O. The molecule has 0 aromatic heterocycles. The van der Waals surface area contributed by atoms with Gasteiger partial charge in [0, 0.05) is 5.56 Å². The average Bonchev–Trinajstić information content (AvgIpc) is 3.26. The van der Waals surface area contributed by atoms with Crippen molar-refractivity contribution < 1.29 is 4.74 Å². The Labute approximate surface area is 155 Å². The molecule has 0 atom stereocenters. The van der Waals surface area contributed by atoms with Gasteiger partial charge in [0.2, 0.25) is 0 Å². The second kappa shape index (κ2) is 7.05. The van der Waals surface area contributed by atoms with Gasteiger partial charge in [-0.15, -0.1) is 0 Å². The van der Waals surface area contributed by atoms with E-state index in [1.165, 1.54) is 16.7 Å². The van der Waals surface area contributed by atoms with Crippen molar-refractivity contribution in [3.05, 3.63) is 125 Å². The van der Waals surface area contributed by atoms with Crippen LogP contribution in [0.25, 0.3) is 0 Å². The van der Waals surface area contributed by atoms with E-state index in [1.54, 1.807) is 7.11 Å². The number of para-hydroxylation sites is 1. The summed E-state index contributed by atoms with van der Waals surface area (Å²) < 4.78 is 5.80. The van der Waals surface area contributed by atoms with Crippen LogP contribution < -0.4 is 4.74 Å². The molecule has 0 amide bonds. The zero-order valence-electron chi connectivity index (χ0n) is 14.9. The van der Waals surface area contributed by atoms with Crippen LogP contribution in [0.4, 0.5) is 0 Å². The number of hydrogen-bond donors (Lipinski definition) is 0. The molecule has 3 aromatic rings. The lowest BCUT2D eigenvalue weighted by atomic mass is 9.64. The molecule has 3 aromatic carbocycles. The SMILES string of the molecule is COc1ccccc1C(C1=CCC=C1)(c1ccccc1)c1ccccc1. The van der Waals surface area contributed by atoms with E-state index in [1.807, 2.05) is 6.07 Å². The van der Waals surface area contributed by atoms with Crippen molar-refractivity contribution in [3.8, 4) is 5.75 Å². The van der Waals surface area contributed by atoms with Crippen LogP contribution in [0, 0.1) is 0 Å². The topological polar surface area (TPSA) is 9.23 Å². The summed E-state index contributed by atoms with van der Waals surface area (Å²) in [6.45, 7) is 0. The number of methoxy groups -OCH3 is 1. The largest absolute Gasteiger partial charge is 0.496 e. The highest BCUT2D eigenvalue weighted by Crippen LogP contribution is 2.49. The fourth-order valence-electron chi connectivity index (χ4n) is 4.03. The zero-order valence-corrected chi connectivity index (χ0v) is 14.9. The van der Waals surface area contributed by atoms with Crippen molar-refractivity contribution in [2.24, 2.45) is 0 Å². The predicted octanol–water partition coefficient (Wildman–Crippen LogP) is 5.92. The highest BCUT2D eigenvalue weighted by Gasteiger charge is 2.41. The van der Waals surface area contributed by atoms with Gasteiger partial charge in [-0.2, -0.15) is 0 Å². The Morgan fingerprint density at radius 2 is 1.31 bits per heavy atom. The molecule has 1 aliphatic carbocycles. The van der Waals surface area contributed by atoms with Crippen LogP contribution in [0.5, 0.6) is 5.75 Å². The van der Waals surface area contributed by atoms with E-state index in [0.717, 1.165) is 17.7 Å². The maximum atomic E-state index is 5.80. The summed E-state index contributed by atoms with van der Waals surface area (Å²) >= 11 is 0. The Morgan fingerprint density at radius 3 is 1.85 bits per heavy atom. The second-order valence-corrected chi connectivity index (χ2v) is 6.48. The number of ether oxygens (including phenoxy) is 1. The lowest BCUT2D eigenvalue weighted by Gasteiger charge is -2.37. The first kappa shape index (κ1) is 16.4. The molecule has 0 unspecified atom stereocenters. The number of benzene rings is 3. The van der Waals surface area contributed by atoms with Crippen LogP contribution in [0.15, 0.2) is 109 Å².